The lowest BCUT2D eigenvalue weighted by Gasteiger charge is -2.19. The van der Waals surface area contributed by atoms with Gasteiger partial charge < -0.3 is 30.5 Å². The zero-order valence-corrected chi connectivity index (χ0v) is 10.6. The van der Waals surface area contributed by atoms with Gasteiger partial charge in [0.1, 0.15) is 24.9 Å². The Hall–Kier alpha value is -1.92. The largest absolute Gasteiger partial charge is 0.394 e. The number of nitrogens with one attached hydrogen (secondary N) is 1. The number of aromatic amines is 1. The van der Waals surface area contributed by atoms with Gasteiger partial charge in [-0.15, -0.1) is 0 Å². The van der Waals surface area contributed by atoms with Crippen LogP contribution in [0.25, 0.3) is 0 Å². The summed E-state index contributed by atoms with van der Waals surface area (Å²) in [6, 6.07) is 0.918. The number of Topliss-reactive ketones (excluding diaryl/α,β-unsaturated/α-hetero) is 1. The minimum absolute atomic E-state index is 0.500. The van der Waals surface area contributed by atoms with Crippen molar-refractivity contribution in [3.05, 3.63) is 33.1 Å². The maximum absolute atomic E-state index is 12.0. The quantitative estimate of drug-likeness (QED) is 0.318. The van der Waals surface area contributed by atoms with Crippen LogP contribution in [-0.4, -0.2) is 72.6 Å². The second-order valence-corrected chi connectivity index (χ2v) is 3.71. The van der Waals surface area contributed by atoms with E-state index in [9.17, 15) is 18.9 Å². The van der Waals surface area contributed by atoms with Crippen LogP contribution < -0.4 is 11.2 Å². The Morgan fingerprint density at radius 2 is 1.86 bits per heavy atom. The molecule has 0 saturated carbocycles. The lowest BCUT2D eigenvalue weighted by atomic mass is 10.1. The van der Waals surface area contributed by atoms with E-state index >= 15 is 0 Å². The van der Waals surface area contributed by atoms with Crippen molar-refractivity contribution in [2.45, 2.75) is 18.3 Å². The predicted octanol–water partition coefficient (Wildman–Crippen LogP) is -4.11. The van der Waals surface area contributed by atoms with Gasteiger partial charge in [0.05, 0.1) is 6.61 Å². The summed E-state index contributed by atoms with van der Waals surface area (Å²) in [4.78, 5) is 32.4. The third kappa shape index (κ3) is 5.93. The molecule has 1 rings (SSSR count). The van der Waals surface area contributed by atoms with Crippen molar-refractivity contribution >= 4 is 5.78 Å². The van der Waals surface area contributed by atoms with Crippen LogP contribution in [0.5, 0.6) is 0 Å². The molecule has 0 aliphatic carbocycles. The van der Waals surface area contributed by atoms with E-state index in [0.717, 1.165) is 12.3 Å². The smallest absolute Gasteiger partial charge is 0.357 e. The number of carbonyl (C=O) groups excluding carboxylic acids is 1. The molecule has 0 aliphatic rings. The molecule has 1 aromatic rings. The molecule has 0 aromatic carbocycles. The van der Waals surface area contributed by atoms with Crippen LogP contribution in [0.15, 0.2) is 21.9 Å². The van der Waals surface area contributed by atoms with Gasteiger partial charge in [-0.2, -0.15) is 0 Å². The van der Waals surface area contributed by atoms with E-state index in [1.807, 2.05) is 4.98 Å². The van der Waals surface area contributed by atoms with Crippen LogP contribution in [-0.2, 0) is 4.79 Å². The fourth-order valence-electron chi connectivity index (χ4n) is 1.01. The monoisotopic (exact) mass is 310 g/mol. The van der Waals surface area contributed by atoms with E-state index in [4.69, 9.17) is 25.5 Å². The van der Waals surface area contributed by atoms with Gasteiger partial charge in [-0.25, -0.2) is 4.79 Å². The van der Waals surface area contributed by atoms with Crippen LogP contribution in [0.1, 0.15) is 0 Å². The van der Waals surface area contributed by atoms with E-state index in [0.29, 0.717) is 0 Å². The number of hydrogen-bond acceptors (Lipinski definition) is 8. The van der Waals surface area contributed by atoms with Crippen molar-refractivity contribution in [3.63, 3.8) is 0 Å². The molecular weight excluding hydrogens is 295 g/mol. The first-order chi connectivity index (χ1) is 9.76. The summed E-state index contributed by atoms with van der Waals surface area (Å²) in [5.74, 6) is -1.00. The van der Waals surface area contributed by atoms with Crippen molar-refractivity contribution in [1.82, 2.24) is 9.77 Å². The summed E-state index contributed by atoms with van der Waals surface area (Å²) < 4.78 is 12.0. The number of halogens is 1. The van der Waals surface area contributed by atoms with Crippen LogP contribution in [0, 0.1) is 0 Å². The molecule has 0 aliphatic heterocycles. The number of rotatable bonds is 5. The maximum Gasteiger partial charge on any atom is 0.357 e. The molecular formula is C10H15FN2O8. The standard InChI is InChI=1S/C6H12O6.C4H3FN2O2/c7-1-3(9)5(11)6(12)4(10)2-8;5-7-3(8)1-2-6-4(7)9/h3,5-9,11-12H,1-2H2;1-2H,(H,6,9). The minimum atomic E-state index is -1.86. The van der Waals surface area contributed by atoms with Gasteiger partial charge in [-0.1, -0.05) is 9.27 Å². The van der Waals surface area contributed by atoms with Crippen LogP contribution in [0.4, 0.5) is 4.48 Å². The Balaban J connectivity index is 0.000000394. The van der Waals surface area contributed by atoms with E-state index in [1.165, 1.54) is 0 Å². The van der Waals surface area contributed by atoms with E-state index < -0.39 is 53.3 Å². The van der Waals surface area contributed by atoms with E-state index in [2.05, 4.69) is 0 Å². The number of hydrogen-bond donors (Lipinski definition) is 6. The SMILES string of the molecule is O=C(CO)C(O)C(O)C(O)CO.O=c1cc[nH]c(=O)n1F. The Bertz CT molecular complexity index is 528. The molecule has 11 heteroatoms. The Labute approximate surface area is 116 Å². The third-order valence-electron chi connectivity index (χ3n) is 2.20. The normalized spacial score (nSPS) is 14.6. The van der Waals surface area contributed by atoms with Gasteiger partial charge in [0.15, 0.2) is 5.78 Å². The highest BCUT2D eigenvalue weighted by molar-refractivity contribution is 5.84. The van der Waals surface area contributed by atoms with Crippen LogP contribution in [0.3, 0.4) is 0 Å². The Morgan fingerprint density at radius 3 is 2.24 bits per heavy atom. The Morgan fingerprint density at radius 1 is 1.29 bits per heavy atom. The van der Waals surface area contributed by atoms with Gasteiger partial charge in [-0.05, 0) is 0 Å². The zero-order valence-electron chi connectivity index (χ0n) is 10.6. The van der Waals surface area contributed by atoms with E-state index in [1.54, 1.807) is 0 Å². The number of aromatic nitrogens is 2. The molecule has 21 heavy (non-hydrogen) atoms. The number of nitrogens with zero attached hydrogens (tertiary/aromatic N) is 1. The first-order valence-corrected chi connectivity index (χ1v) is 5.51. The summed E-state index contributed by atoms with van der Waals surface area (Å²) in [5.41, 5.74) is -2.01. The van der Waals surface area contributed by atoms with Crippen LogP contribution in [0.2, 0.25) is 0 Å². The molecule has 0 fully saturated rings. The molecule has 120 valence electrons. The summed E-state index contributed by atoms with van der Waals surface area (Å²) in [6.07, 6.45) is -4.14. The fraction of sp³-hybridized carbons (Fsp3) is 0.500. The molecule has 0 spiro atoms. The topological polar surface area (TPSA) is 173 Å². The molecule has 0 amide bonds. The lowest BCUT2D eigenvalue weighted by molar-refractivity contribution is -0.142. The number of H-pyrrole nitrogens is 1. The highest BCUT2D eigenvalue weighted by atomic mass is 19.2. The van der Waals surface area contributed by atoms with Crippen molar-refractivity contribution in [1.29, 1.82) is 0 Å². The van der Waals surface area contributed by atoms with Gasteiger partial charge in [0.2, 0.25) is 0 Å². The van der Waals surface area contributed by atoms with Crippen molar-refractivity contribution in [2.24, 2.45) is 0 Å². The molecule has 0 saturated heterocycles. The second kappa shape index (κ2) is 9.10. The summed E-state index contributed by atoms with van der Waals surface area (Å²) in [7, 11) is 0. The third-order valence-corrected chi connectivity index (χ3v) is 2.20. The average molecular weight is 310 g/mol. The molecule has 3 atom stereocenters. The maximum atomic E-state index is 12.0. The van der Waals surface area contributed by atoms with Crippen molar-refractivity contribution in [2.75, 3.05) is 13.2 Å². The zero-order chi connectivity index (χ0) is 16.6. The molecule has 0 radical (unpaired) electrons. The van der Waals surface area contributed by atoms with Crippen LogP contribution >= 0.6 is 0 Å². The molecule has 3 unspecified atom stereocenters. The highest BCUT2D eigenvalue weighted by Crippen LogP contribution is 2.00. The van der Waals surface area contributed by atoms with Crippen molar-refractivity contribution in [3.8, 4) is 0 Å². The fourth-order valence-corrected chi connectivity index (χ4v) is 1.01. The Kier molecular flexibility index (Phi) is 8.26. The van der Waals surface area contributed by atoms with Gasteiger partial charge in [0.25, 0.3) is 5.56 Å². The second-order valence-electron chi connectivity index (χ2n) is 3.71. The summed E-state index contributed by atoms with van der Waals surface area (Å²) in [5, 5.41) is 43.1. The molecule has 0 bridgehead atoms. The minimum Gasteiger partial charge on any atom is -0.394 e. The molecule has 6 N–H and O–H groups in total. The summed E-state index contributed by atoms with van der Waals surface area (Å²) >= 11 is 0. The van der Waals surface area contributed by atoms with Gasteiger partial charge in [-0.3, -0.25) is 9.59 Å². The van der Waals surface area contributed by atoms with E-state index in [-0.39, 0.29) is 0 Å². The predicted molar refractivity (Wildman–Crippen MR) is 65.0 cm³/mol. The molecule has 1 heterocycles. The number of aliphatic hydroxyl groups is 5. The van der Waals surface area contributed by atoms with Crippen molar-refractivity contribution < 1.29 is 34.8 Å². The summed E-state index contributed by atoms with van der Waals surface area (Å²) in [6.45, 7) is -1.69. The number of carbonyl (C=O) groups is 1. The molecule has 10 nitrogen and oxygen atoms in total. The number of aliphatic hydroxyl groups excluding tert-OH is 5. The van der Waals surface area contributed by atoms with Gasteiger partial charge in [0, 0.05) is 12.3 Å². The molecule has 1 aromatic heterocycles. The number of ketones is 1. The highest BCUT2D eigenvalue weighted by Gasteiger charge is 2.28. The lowest BCUT2D eigenvalue weighted by Crippen LogP contribution is -2.44. The first-order valence-electron chi connectivity index (χ1n) is 5.51. The average Bonchev–Trinajstić information content (AvgIpc) is 2.49. The first kappa shape index (κ1) is 19.1. The van der Waals surface area contributed by atoms with Gasteiger partial charge >= 0.3 is 5.69 Å².